The van der Waals surface area contributed by atoms with E-state index in [-0.39, 0.29) is 23.7 Å². The van der Waals surface area contributed by atoms with Crippen LogP contribution >= 0.6 is 0 Å². The van der Waals surface area contributed by atoms with Crippen molar-refractivity contribution in [2.24, 2.45) is 0 Å². The molecule has 0 atom stereocenters. The van der Waals surface area contributed by atoms with Crippen molar-refractivity contribution in [1.82, 2.24) is 20.1 Å². The van der Waals surface area contributed by atoms with Crippen LogP contribution in [0.2, 0.25) is 0 Å². The van der Waals surface area contributed by atoms with E-state index in [1.165, 1.54) is 12.4 Å². The number of amides is 1. The summed E-state index contributed by atoms with van der Waals surface area (Å²) in [6.45, 7) is 1.39. The molecule has 4 rings (SSSR count). The van der Waals surface area contributed by atoms with E-state index in [9.17, 15) is 14.9 Å². The minimum absolute atomic E-state index is 0.0207. The van der Waals surface area contributed by atoms with E-state index in [1.54, 1.807) is 18.5 Å². The molecule has 0 spiro atoms. The van der Waals surface area contributed by atoms with Gasteiger partial charge in [0.15, 0.2) is 0 Å². The number of rotatable bonds is 5. The van der Waals surface area contributed by atoms with Gasteiger partial charge in [0, 0.05) is 30.8 Å². The minimum atomic E-state index is -0.410. The largest absolute Gasteiger partial charge is 0.366 e. The zero-order chi connectivity index (χ0) is 18.1. The lowest BCUT2D eigenvalue weighted by molar-refractivity contribution is -0.384. The summed E-state index contributed by atoms with van der Waals surface area (Å²) in [5.74, 6) is -0.243. The average molecular weight is 356 g/mol. The molecule has 1 aromatic carbocycles. The third-order valence-electron chi connectivity index (χ3n) is 4.96. The topological polar surface area (TPSA) is 106 Å². The second-order valence-corrected chi connectivity index (χ2v) is 6.80. The van der Waals surface area contributed by atoms with Crippen molar-refractivity contribution in [2.45, 2.75) is 37.8 Å². The van der Waals surface area contributed by atoms with E-state index in [0.29, 0.717) is 24.3 Å². The molecule has 0 radical (unpaired) electrons. The highest BCUT2D eigenvalue weighted by atomic mass is 16.6. The number of anilines is 1. The fourth-order valence-corrected chi connectivity index (χ4v) is 3.35. The number of hydrogen-bond acceptors (Lipinski definition) is 6. The average Bonchev–Trinajstić information content (AvgIpc) is 3.30. The van der Waals surface area contributed by atoms with Gasteiger partial charge < -0.3 is 10.2 Å². The number of nitro benzene ring substituents is 1. The summed E-state index contributed by atoms with van der Waals surface area (Å²) < 4.78 is 1.84. The Kier molecular flexibility index (Phi) is 4.27. The van der Waals surface area contributed by atoms with Gasteiger partial charge >= 0.3 is 0 Å². The van der Waals surface area contributed by atoms with Crippen molar-refractivity contribution in [3.8, 4) is 0 Å². The molecule has 1 saturated carbocycles. The maximum atomic E-state index is 12.2. The van der Waals surface area contributed by atoms with Crippen LogP contribution in [0.4, 0.5) is 11.4 Å². The fourth-order valence-electron chi connectivity index (χ4n) is 3.35. The van der Waals surface area contributed by atoms with Crippen LogP contribution in [0.5, 0.6) is 0 Å². The van der Waals surface area contributed by atoms with Crippen molar-refractivity contribution in [3.63, 3.8) is 0 Å². The maximum Gasteiger partial charge on any atom is 0.293 e. The van der Waals surface area contributed by atoms with E-state index in [2.05, 4.69) is 15.4 Å². The smallest absolute Gasteiger partial charge is 0.293 e. The Morgan fingerprint density at radius 1 is 1.23 bits per heavy atom. The van der Waals surface area contributed by atoms with Gasteiger partial charge in [-0.05, 0) is 37.8 Å². The Labute approximate surface area is 150 Å². The Morgan fingerprint density at radius 2 is 2.00 bits per heavy atom. The Hall–Kier alpha value is -2.97. The fraction of sp³-hybridized carbons (Fsp3) is 0.471. The first-order chi connectivity index (χ1) is 12.6. The van der Waals surface area contributed by atoms with Crippen molar-refractivity contribution >= 4 is 17.3 Å². The van der Waals surface area contributed by atoms with Crippen LogP contribution in [0.1, 0.15) is 42.1 Å². The highest BCUT2D eigenvalue weighted by molar-refractivity contribution is 5.96. The molecule has 2 aromatic rings. The molecule has 9 nitrogen and oxygen atoms in total. The third kappa shape index (κ3) is 3.37. The van der Waals surface area contributed by atoms with Gasteiger partial charge in [0.05, 0.1) is 11.0 Å². The first-order valence-electron chi connectivity index (χ1n) is 8.80. The van der Waals surface area contributed by atoms with Crippen molar-refractivity contribution in [1.29, 1.82) is 0 Å². The molecule has 2 aliphatic rings. The van der Waals surface area contributed by atoms with Gasteiger partial charge in [-0.2, -0.15) is 5.10 Å². The predicted molar refractivity (Wildman–Crippen MR) is 94.1 cm³/mol. The van der Waals surface area contributed by atoms with Crippen LogP contribution in [0.25, 0.3) is 0 Å². The molecular formula is C17H20N6O3. The molecule has 26 heavy (non-hydrogen) atoms. The lowest BCUT2D eigenvalue weighted by atomic mass is 10.0. The van der Waals surface area contributed by atoms with Gasteiger partial charge in [0.1, 0.15) is 18.3 Å². The SMILES string of the molecule is O=C(NC1CC1)c1ccc(N2CCC(n3cncn3)CC2)c([N+](=O)[O-])c1. The Bertz CT molecular complexity index is 810. The van der Waals surface area contributed by atoms with E-state index in [1.807, 2.05) is 9.58 Å². The van der Waals surface area contributed by atoms with Crippen molar-refractivity contribution < 1.29 is 9.72 Å². The minimum Gasteiger partial charge on any atom is -0.366 e. The molecule has 1 saturated heterocycles. The molecule has 2 heterocycles. The highest BCUT2D eigenvalue weighted by Crippen LogP contribution is 2.33. The molecule has 1 amide bonds. The van der Waals surface area contributed by atoms with Gasteiger partial charge in [-0.1, -0.05) is 0 Å². The number of carbonyl (C=O) groups excluding carboxylic acids is 1. The molecule has 1 aliphatic heterocycles. The Morgan fingerprint density at radius 3 is 2.62 bits per heavy atom. The van der Waals surface area contributed by atoms with Crippen LogP contribution in [0, 0.1) is 10.1 Å². The Balaban J connectivity index is 1.50. The van der Waals surface area contributed by atoms with Gasteiger partial charge in [0.2, 0.25) is 0 Å². The normalized spacial score (nSPS) is 17.9. The lowest BCUT2D eigenvalue weighted by Gasteiger charge is -2.33. The zero-order valence-electron chi connectivity index (χ0n) is 14.2. The monoisotopic (exact) mass is 356 g/mol. The second kappa shape index (κ2) is 6.74. The van der Waals surface area contributed by atoms with Gasteiger partial charge in [-0.3, -0.25) is 14.9 Å². The summed E-state index contributed by atoms with van der Waals surface area (Å²) in [6, 6.07) is 5.23. The van der Waals surface area contributed by atoms with Crippen LogP contribution < -0.4 is 10.2 Å². The van der Waals surface area contributed by atoms with Crippen LogP contribution in [0.15, 0.2) is 30.9 Å². The maximum absolute atomic E-state index is 12.2. The second-order valence-electron chi connectivity index (χ2n) is 6.80. The van der Waals surface area contributed by atoms with E-state index in [4.69, 9.17) is 0 Å². The standard InChI is InChI=1S/C17H20N6O3/c24-17(20-13-2-3-13)12-1-4-15(16(9-12)23(25)26)21-7-5-14(6-8-21)22-11-18-10-19-22/h1,4,9-11,13-14H,2-3,5-8H2,(H,20,24). The first kappa shape index (κ1) is 16.5. The predicted octanol–water partition coefficient (Wildman–Crippen LogP) is 1.92. The number of benzene rings is 1. The first-order valence-corrected chi connectivity index (χ1v) is 8.80. The molecule has 0 bridgehead atoms. The number of aromatic nitrogens is 3. The molecule has 136 valence electrons. The van der Waals surface area contributed by atoms with E-state index < -0.39 is 4.92 Å². The molecular weight excluding hydrogens is 336 g/mol. The summed E-state index contributed by atoms with van der Waals surface area (Å²) >= 11 is 0. The number of carbonyl (C=O) groups is 1. The summed E-state index contributed by atoms with van der Waals surface area (Å²) in [7, 11) is 0. The van der Waals surface area contributed by atoms with Gasteiger partial charge in [-0.15, -0.1) is 0 Å². The lowest BCUT2D eigenvalue weighted by Crippen LogP contribution is -2.35. The van der Waals surface area contributed by atoms with Crippen LogP contribution in [-0.2, 0) is 0 Å². The summed E-state index contributed by atoms with van der Waals surface area (Å²) in [5.41, 5.74) is 0.882. The third-order valence-corrected chi connectivity index (χ3v) is 4.96. The molecule has 1 aliphatic carbocycles. The summed E-state index contributed by atoms with van der Waals surface area (Å²) in [6.07, 6.45) is 6.85. The number of piperidine rings is 1. The number of nitrogens with one attached hydrogen (secondary N) is 1. The molecule has 1 N–H and O–H groups in total. The quantitative estimate of drug-likeness (QED) is 0.648. The van der Waals surface area contributed by atoms with Gasteiger partial charge in [-0.25, -0.2) is 9.67 Å². The summed E-state index contributed by atoms with van der Waals surface area (Å²) in [4.78, 5) is 29.3. The van der Waals surface area contributed by atoms with Crippen LogP contribution in [-0.4, -0.2) is 44.7 Å². The highest BCUT2D eigenvalue weighted by Gasteiger charge is 2.28. The van der Waals surface area contributed by atoms with Gasteiger partial charge in [0.25, 0.3) is 11.6 Å². The molecule has 1 aromatic heterocycles. The van der Waals surface area contributed by atoms with Crippen LogP contribution in [0.3, 0.4) is 0 Å². The number of hydrogen-bond donors (Lipinski definition) is 1. The van der Waals surface area contributed by atoms with Crippen molar-refractivity contribution in [3.05, 3.63) is 46.5 Å². The van der Waals surface area contributed by atoms with E-state index in [0.717, 1.165) is 25.7 Å². The van der Waals surface area contributed by atoms with Crippen molar-refractivity contribution in [2.75, 3.05) is 18.0 Å². The molecule has 2 fully saturated rings. The molecule has 9 heteroatoms. The number of nitrogens with zero attached hydrogens (tertiary/aromatic N) is 5. The zero-order valence-corrected chi connectivity index (χ0v) is 14.2. The number of nitro groups is 1. The van der Waals surface area contributed by atoms with E-state index >= 15 is 0 Å². The molecule has 0 unspecified atom stereocenters. The summed E-state index contributed by atoms with van der Waals surface area (Å²) in [5, 5.41) is 18.6.